The van der Waals surface area contributed by atoms with Crippen molar-refractivity contribution in [3.8, 4) is 0 Å². The molecule has 0 amide bonds. The van der Waals surface area contributed by atoms with E-state index in [1.807, 2.05) is 12.1 Å². The molecule has 1 aromatic carbocycles. The van der Waals surface area contributed by atoms with E-state index in [9.17, 15) is 8.42 Å². The van der Waals surface area contributed by atoms with Crippen LogP contribution in [0.2, 0.25) is 0 Å². The van der Waals surface area contributed by atoms with Gasteiger partial charge < -0.3 is 4.52 Å². The summed E-state index contributed by atoms with van der Waals surface area (Å²) < 4.78 is 32.1. The minimum Gasteiger partial charge on any atom is -0.360 e. The molecule has 0 aliphatic carbocycles. The second-order valence-electron chi connectivity index (χ2n) is 4.86. The average molecular weight is 318 g/mol. The molecule has 7 nitrogen and oxygen atoms in total. The zero-order valence-electron chi connectivity index (χ0n) is 12.1. The van der Waals surface area contributed by atoms with Crippen LogP contribution in [0.25, 0.3) is 11.0 Å². The number of fused-ring (bicyclic) bond motifs is 1. The Bertz CT molecular complexity index is 915. The Morgan fingerprint density at radius 1 is 1.14 bits per heavy atom. The predicted molar refractivity (Wildman–Crippen MR) is 79.5 cm³/mol. The van der Waals surface area contributed by atoms with Gasteiger partial charge in [0.15, 0.2) is 5.76 Å². The molecule has 22 heavy (non-hydrogen) atoms. The first-order valence-electron chi connectivity index (χ1n) is 6.59. The van der Waals surface area contributed by atoms with Crippen molar-refractivity contribution in [2.75, 3.05) is 0 Å². The van der Waals surface area contributed by atoms with Gasteiger partial charge in [-0.05, 0) is 31.5 Å². The van der Waals surface area contributed by atoms with E-state index in [0.717, 1.165) is 16.6 Å². The molecule has 0 unspecified atom stereocenters. The number of sulfonamides is 1. The molecule has 2 heterocycles. The minimum absolute atomic E-state index is 0.0908. The zero-order chi connectivity index (χ0) is 15.7. The van der Waals surface area contributed by atoms with Crippen LogP contribution < -0.4 is 4.72 Å². The van der Waals surface area contributed by atoms with E-state index in [-0.39, 0.29) is 17.2 Å². The Morgan fingerprint density at radius 2 is 1.86 bits per heavy atom. The van der Waals surface area contributed by atoms with E-state index >= 15 is 0 Å². The van der Waals surface area contributed by atoms with Gasteiger partial charge in [0.2, 0.25) is 10.0 Å². The molecule has 0 spiro atoms. The highest BCUT2D eigenvalue weighted by atomic mass is 32.2. The van der Waals surface area contributed by atoms with Gasteiger partial charge in [-0.1, -0.05) is 11.2 Å². The van der Waals surface area contributed by atoms with E-state index < -0.39 is 10.0 Å². The summed E-state index contributed by atoms with van der Waals surface area (Å²) >= 11 is 0. The van der Waals surface area contributed by atoms with Crippen LogP contribution in [-0.2, 0) is 16.6 Å². The van der Waals surface area contributed by atoms with Crippen molar-refractivity contribution in [1.82, 2.24) is 19.8 Å². The smallest absolute Gasteiger partial charge is 0.246 e. The van der Waals surface area contributed by atoms with Crippen molar-refractivity contribution < 1.29 is 12.9 Å². The summed E-state index contributed by atoms with van der Waals surface area (Å²) in [6.45, 7) is 3.32. The van der Waals surface area contributed by atoms with Gasteiger partial charge in [0.1, 0.15) is 10.6 Å². The summed E-state index contributed by atoms with van der Waals surface area (Å²) in [5.74, 6) is 0.273. The molecule has 0 aliphatic rings. The summed E-state index contributed by atoms with van der Waals surface area (Å²) in [6.07, 6.45) is 3.21. The highest BCUT2D eigenvalue weighted by Crippen LogP contribution is 2.19. The first-order chi connectivity index (χ1) is 10.5. The molecule has 0 bridgehead atoms. The molecular formula is C14H14N4O3S. The second-order valence-corrected chi connectivity index (χ2v) is 6.56. The number of rotatable bonds is 4. The number of hydrogen-bond acceptors (Lipinski definition) is 6. The van der Waals surface area contributed by atoms with Crippen LogP contribution in [0, 0.1) is 13.8 Å². The first kappa shape index (κ1) is 14.6. The Labute approximate surface area is 127 Å². The Hall–Kier alpha value is -2.32. The van der Waals surface area contributed by atoms with Gasteiger partial charge in [-0.2, -0.15) is 0 Å². The Balaban J connectivity index is 1.84. The Morgan fingerprint density at radius 3 is 2.55 bits per heavy atom. The van der Waals surface area contributed by atoms with E-state index in [1.54, 1.807) is 32.3 Å². The maximum absolute atomic E-state index is 12.3. The lowest BCUT2D eigenvalue weighted by Gasteiger charge is -2.07. The predicted octanol–water partition coefficient (Wildman–Crippen LogP) is 1.71. The van der Waals surface area contributed by atoms with Crippen molar-refractivity contribution in [3.05, 3.63) is 47.6 Å². The standard InChI is InChI=1S/C14H14N4O3S/c1-9-14(10(2)21-18-9)22(19,20)17-8-11-3-4-12-13(7-11)16-6-5-15-12/h3-7,17H,8H2,1-2H3. The topological polar surface area (TPSA) is 98.0 Å². The third kappa shape index (κ3) is 2.70. The molecule has 2 aromatic heterocycles. The number of aryl methyl sites for hydroxylation is 2. The van der Waals surface area contributed by atoms with Crippen molar-refractivity contribution in [2.45, 2.75) is 25.3 Å². The molecule has 0 radical (unpaired) electrons. The molecule has 3 aromatic rings. The third-order valence-corrected chi connectivity index (χ3v) is 4.88. The summed E-state index contributed by atoms with van der Waals surface area (Å²) in [7, 11) is -3.67. The second kappa shape index (κ2) is 5.47. The van der Waals surface area contributed by atoms with E-state index in [0.29, 0.717) is 5.69 Å². The lowest BCUT2D eigenvalue weighted by atomic mass is 10.2. The largest absolute Gasteiger partial charge is 0.360 e. The normalized spacial score (nSPS) is 11.9. The fourth-order valence-corrected chi connectivity index (χ4v) is 3.57. The molecule has 0 saturated carbocycles. The van der Waals surface area contributed by atoms with Crippen LogP contribution in [0.1, 0.15) is 17.0 Å². The highest BCUT2D eigenvalue weighted by molar-refractivity contribution is 7.89. The summed E-state index contributed by atoms with van der Waals surface area (Å²) in [5.41, 5.74) is 2.62. The first-order valence-corrected chi connectivity index (χ1v) is 8.08. The summed E-state index contributed by atoms with van der Waals surface area (Å²) in [5, 5.41) is 3.67. The molecule has 1 N–H and O–H groups in total. The summed E-state index contributed by atoms with van der Waals surface area (Å²) in [4.78, 5) is 8.46. The van der Waals surface area contributed by atoms with Crippen LogP contribution in [0.4, 0.5) is 0 Å². The van der Waals surface area contributed by atoms with Crippen LogP contribution in [-0.4, -0.2) is 23.5 Å². The fraction of sp³-hybridized carbons (Fsp3) is 0.214. The van der Waals surface area contributed by atoms with Gasteiger partial charge in [0.05, 0.1) is 11.0 Å². The van der Waals surface area contributed by atoms with Gasteiger partial charge >= 0.3 is 0 Å². The van der Waals surface area contributed by atoms with E-state index in [4.69, 9.17) is 4.52 Å². The van der Waals surface area contributed by atoms with Gasteiger partial charge in [0.25, 0.3) is 0 Å². The Kier molecular flexibility index (Phi) is 3.63. The molecule has 3 rings (SSSR count). The molecule has 0 aliphatic heterocycles. The number of hydrogen-bond donors (Lipinski definition) is 1. The lowest BCUT2D eigenvalue weighted by Crippen LogP contribution is -2.24. The number of nitrogens with one attached hydrogen (secondary N) is 1. The summed E-state index contributed by atoms with van der Waals surface area (Å²) in [6, 6.07) is 5.42. The molecule has 0 atom stereocenters. The van der Waals surface area contributed by atoms with Crippen molar-refractivity contribution >= 4 is 21.1 Å². The van der Waals surface area contributed by atoms with Gasteiger partial charge in [-0.15, -0.1) is 0 Å². The van der Waals surface area contributed by atoms with Crippen LogP contribution in [0.5, 0.6) is 0 Å². The molecule has 0 saturated heterocycles. The maximum Gasteiger partial charge on any atom is 0.246 e. The van der Waals surface area contributed by atoms with Crippen molar-refractivity contribution in [3.63, 3.8) is 0 Å². The average Bonchev–Trinajstić information content (AvgIpc) is 2.85. The van der Waals surface area contributed by atoms with Crippen LogP contribution in [0.15, 0.2) is 40.0 Å². The SMILES string of the molecule is Cc1noc(C)c1S(=O)(=O)NCc1ccc2nccnc2c1. The molecule has 0 fully saturated rings. The quantitative estimate of drug-likeness (QED) is 0.786. The molecule has 114 valence electrons. The van der Waals surface area contributed by atoms with Crippen molar-refractivity contribution in [2.24, 2.45) is 0 Å². The van der Waals surface area contributed by atoms with Crippen LogP contribution >= 0.6 is 0 Å². The fourth-order valence-electron chi connectivity index (χ4n) is 2.23. The number of benzene rings is 1. The van der Waals surface area contributed by atoms with Gasteiger partial charge in [0, 0.05) is 18.9 Å². The zero-order valence-corrected chi connectivity index (χ0v) is 12.9. The molecule has 8 heteroatoms. The monoisotopic (exact) mass is 318 g/mol. The number of aromatic nitrogens is 3. The molecular weight excluding hydrogens is 304 g/mol. The lowest BCUT2D eigenvalue weighted by molar-refractivity contribution is 0.390. The third-order valence-electron chi connectivity index (χ3n) is 3.24. The number of nitrogens with zero attached hydrogens (tertiary/aromatic N) is 3. The van der Waals surface area contributed by atoms with E-state index in [1.165, 1.54) is 0 Å². The minimum atomic E-state index is -3.67. The maximum atomic E-state index is 12.3. The van der Waals surface area contributed by atoms with Gasteiger partial charge in [-0.25, -0.2) is 13.1 Å². The highest BCUT2D eigenvalue weighted by Gasteiger charge is 2.23. The van der Waals surface area contributed by atoms with E-state index in [2.05, 4.69) is 19.8 Å². The van der Waals surface area contributed by atoms with Gasteiger partial charge in [-0.3, -0.25) is 9.97 Å². The van der Waals surface area contributed by atoms with Crippen LogP contribution in [0.3, 0.4) is 0 Å². The van der Waals surface area contributed by atoms with Crippen molar-refractivity contribution in [1.29, 1.82) is 0 Å².